The Morgan fingerprint density at radius 1 is 1.71 bits per heavy atom. The van der Waals surface area contributed by atoms with E-state index in [-0.39, 0.29) is 12.1 Å². The Kier molecular flexibility index (Phi) is 3.83. The zero-order chi connectivity index (χ0) is 12.4. The van der Waals surface area contributed by atoms with E-state index < -0.39 is 0 Å². The van der Waals surface area contributed by atoms with Gasteiger partial charge in [0.1, 0.15) is 0 Å². The van der Waals surface area contributed by atoms with Gasteiger partial charge in [-0.1, -0.05) is 0 Å². The predicted octanol–water partition coefficient (Wildman–Crippen LogP) is 1.92. The standard InChI is InChI=1S/C11H15BrN2O3/c1-3-16-10(15)9-7(2)13-11(12)14(9)6-8-4-5-17-8/h8H,3-6H2,1-2H3. The number of ether oxygens (including phenoxy) is 2. The molecule has 94 valence electrons. The van der Waals surface area contributed by atoms with E-state index in [2.05, 4.69) is 20.9 Å². The zero-order valence-electron chi connectivity index (χ0n) is 9.90. The van der Waals surface area contributed by atoms with Crippen molar-refractivity contribution in [3.63, 3.8) is 0 Å². The van der Waals surface area contributed by atoms with Crippen LogP contribution >= 0.6 is 15.9 Å². The normalized spacial score (nSPS) is 18.9. The lowest BCUT2D eigenvalue weighted by Gasteiger charge is -2.27. The fraction of sp³-hybridized carbons (Fsp3) is 0.636. The molecule has 0 saturated carbocycles. The van der Waals surface area contributed by atoms with E-state index in [0.29, 0.717) is 29.3 Å². The van der Waals surface area contributed by atoms with Crippen molar-refractivity contribution >= 4 is 21.9 Å². The fourth-order valence-electron chi connectivity index (χ4n) is 1.80. The van der Waals surface area contributed by atoms with E-state index >= 15 is 0 Å². The van der Waals surface area contributed by atoms with Crippen LogP contribution in [0, 0.1) is 6.92 Å². The topological polar surface area (TPSA) is 53.3 Å². The predicted molar refractivity (Wildman–Crippen MR) is 65.0 cm³/mol. The van der Waals surface area contributed by atoms with Crippen molar-refractivity contribution in [1.82, 2.24) is 9.55 Å². The minimum atomic E-state index is -0.331. The molecule has 2 heterocycles. The van der Waals surface area contributed by atoms with Crippen LogP contribution in [-0.4, -0.2) is 34.8 Å². The number of aromatic nitrogens is 2. The van der Waals surface area contributed by atoms with E-state index in [4.69, 9.17) is 9.47 Å². The fourth-order valence-corrected chi connectivity index (χ4v) is 2.38. The van der Waals surface area contributed by atoms with Gasteiger partial charge in [0.25, 0.3) is 0 Å². The summed E-state index contributed by atoms with van der Waals surface area (Å²) in [6.45, 7) is 5.38. The molecule has 1 unspecified atom stereocenters. The zero-order valence-corrected chi connectivity index (χ0v) is 11.5. The summed E-state index contributed by atoms with van der Waals surface area (Å²) in [4.78, 5) is 16.1. The molecule has 1 aromatic rings. The Morgan fingerprint density at radius 3 is 2.94 bits per heavy atom. The number of carbonyl (C=O) groups is 1. The second-order valence-corrected chi connectivity index (χ2v) is 4.64. The van der Waals surface area contributed by atoms with Crippen LogP contribution in [0.15, 0.2) is 4.73 Å². The van der Waals surface area contributed by atoms with Crippen LogP contribution in [0.2, 0.25) is 0 Å². The number of aryl methyl sites for hydroxylation is 1. The van der Waals surface area contributed by atoms with E-state index in [0.717, 1.165) is 13.0 Å². The van der Waals surface area contributed by atoms with Gasteiger partial charge < -0.3 is 14.0 Å². The molecule has 0 aromatic carbocycles. The van der Waals surface area contributed by atoms with Crippen molar-refractivity contribution in [2.24, 2.45) is 0 Å². The van der Waals surface area contributed by atoms with Gasteiger partial charge in [-0.2, -0.15) is 0 Å². The van der Waals surface area contributed by atoms with Gasteiger partial charge in [0.15, 0.2) is 10.4 Å². The number of hydrogen-bond acceptors (Lipinski definition) is 4. The summed E-state index contributed by atoms with van der Waals surface area (Å²) in [5, 5.41) is 0. The van der Waals surface area contributed by atoms with Crippen molar-refractivity contribution in [2.45, 2.75) is 32.9 Å². The second-order valence-electron chi connectivity index (χ2n) is 3.93. The third kappa shape index (κ3) is 2.52. The number of rotatable bonds is 4. The molecular weight excluding hydrogens is 288 g/mol. The number of esters is 1. The highest BCUT2D eigenvalue weighted by Crippen LogP contribution is 2.22. The Morgan fingerprint density at radius 2 is 2.41 bits per heavy atom. The quantitative estimate of drug-likeness (QED) is 0.798. The maximum Gasteiger partial charge on any atom is 0.356 e. The maximum atomic E-state index is 11.8. The van der Waals surface area contributed by atoms with Gasteiger partial charge >= 0.3 is 5.97 Å². The summed E-state index contributed by atoms with van der Waals surface area (Å²) >= 11 is 3.36. The number of hydrogen-bond donors (Lipinski definition) is 0. The largest absolute Gasteiger partial charge is 0.461 e. The van der Waals surface area contributed by atoms with Crippen molar-refractivity contribution in [3.05, 3.63) is 16.1 Å². The van der Waals surface area contributed by atoms with E-state index in [1.54, 1.807) is 13.8 Å². The average Bonchev–Trinajstić information content (AvgIpc) is 2.47. The van der Waals surface area contributed by atoms with Gasteiger partial charge in [0.2, 0.25) is 0 Å². The number of halogens is 1. The Labute approximate surface area is 108 Å². The molecule has 0 bridgehead atoms. The lowest BCUT2D eigenvalue weighted by Crippen LogP contribution is -2.32. The molecule has 6 heteroatoms. The Bertz CT molecular complexity index is 427. The first-order valence-electron chi connectivity index (χ1n) is 5.64. The minimum absolute atomic E-state index is 0.174. The summed E-state index contributed by atoms with van der Waals surface area (Å²) < 4.78 is 12.9. The van der Waals surface area contributed by atoms with Crippen LogP contribution < -0.4 is 0 Å². The Balaban J connectivity index is 2.24. The molecule has 5 nitrogen and oxygen atoms in total. The van der Waals surface area contributed by atoms with Crippen molar-refractivity contribution in [3.8, 4) is 0 Å². The van der Waals surface area contributed by atoms with Crippen molar-refractivity contribution in [2.75, 3.05) is 13.2 Å². The molecule has 1 aliphatic heterocycles. The van der Waals surface area contributed by atoms with Gasteiger partial charge in [0.05, 0.1) is 24.9 Å². The molecule has 1 fully saturated rings. The van der Waals surface area contributed by atoms with Crippen LogP contribution in [0.25, 0.3) is 0 Å². The van der Waals surface area contributed by atoms with Crippen LogP contribution in [-0.2, 0) is 16.0 Å². The molecule has 0 N–H and O–H groups in total. The van der Waals surface area contributed by atoms with Crippen LogP contribution in [0.5, 0.6) is 0 Å². The number of carbonyl (C=O) groups excluding carboxylic acids is 1. The van der Waals surface area contributed by atoms with Crippen molar-refractivity contribution < 1.29 is 14.3 Å². The van der Waals surface area contributed by atoms with Crippen LogP contribution in [0.4, 0.5) is 0 Å². The molecule has 0 aliphatic carbocycles. The van der Waals surface area contributed by atoms with Crippen LogP contribution in [0.1, 0.15) is 29.5 Å². The summed E-state index contributed by atoms with van der Waals surface area (Å²) in [6.07, 6.45) is 1.19. The van der Waals surface area contributed by atoms with E-state index in [9.17, 15) is 4.79 Å². The molecule has 2 rings (SSSR count). The first kappa shape index (κ1) is 12.6. The highest BCUT2D eigenvalue weighted by atomic mass is 79.9. The third-order valence-electron chi connectivity index (χ3n) is 2.74. The summed E-state index contributed by atoms with van der Waals surface area (Å²) in [7, 11) is 0. The molecule has 1 saturated heterocycles. The number of nitrogens with zero attached hydrogens (tertiary/aromatic N) is 2. The van der Waals surface area contributed by atoms with Crippen molar-refractivity contribution in [1.29, 1.82) is 0 Å². The first-order chi connectivity index (χ1) is 8.13. The van der Waals surface area contributed by atoms with Gasteiger partial charge in [0, 0.05) is 6.61 Å². The minimum Gasteiger partial charge on any atom is -0.461 e. The van der Waals surface area contributed by atoms with Gasteiger partial charge in [-0.05, 0) is 36.2 Å². The monoisotopic (exact) mass is 302 g/mol. The molecule has 1 atom stereocenters. The molecule has 1 aromatic heterocycles. The highest BCUT2D eigenvalue weighted by molar-refractivity contribution is 9.10. The van der Waals surface area contributed by atoms with E-state index in [1.807, 2.05) is 4.57 Å². The summed E-state index contributed by atoms with van der Waals surface area (Å²) in [5.41, 5.74) is 1.18. The highest BCUT2D eigenvalue weighted by Gasteiger charge is 2.25. The molecular formula is C11H15BrN2O3. The first-order valence-corrected chi connectivity index (χ1v) is 6.44. The molecule has 0 radical (unpaired) electrons. The van der Waals surface area contributed by atoms with Crippen LogP contribution in [0.3, 0.4) is 0 Å². The summed E-state index contributed by atoms with van der Waals surface area (Å²) in [6, 6.07) is 0. The summed E-state index contributed by atoms with van der Waals surface area (Å²) in [5.74, 6) is -0.331. The third-order valence-corrected chi connectivity index (χ3v) is 3.35. The van der Waals surface area contributed by atoms with Gasteiger partial charge in [-0.25, -0.2) is 9.78 Å². The maximum absolute atomic E-state index is 11.8. The van der Waals surface area contributed by atoms with Gasteiger partial charge in [-0.3, -0.25) is 0 Å². The molecule has 0 spiro atoms. The number of imidazole rings is 1. The van der Waals surface area contributed by atoms with E-state index in [1.165, 1.54) is 0 Å². The molecule has 1 aliphatic rings. The average molecular weight is 303 g/mol. The lowest BCUT2D eigenvalue weighted by atomic mass is 10.2. The van der Waals surface area contributed by atoms with Gasteiger partial charge in [-0.15, -0.1) is 0 Å². The lowest BCUT2D eigenvalue weighted by molar-refractivity contribution is -0.0598. The smallest absolute Gasteiger partial charge is 0.356 e. The molecule has 17 heavy (non-hydrogen) atoms. The SMILES string of the molecule is CCOC(=O)c1c(C)nc(Br)n1CC1CCO1. The molecule has 0 amide bonds. The second kappa shape index (κ2) is 5.18. The Hall–Kier alpha value is -0.880.